The summed E-state index contributed by atoms with van der Waals surface area (Å²) >= 11 is 0. The van der Waals surface area contributed by atoms with Gasteiger partial charge in [0.15, 0.2) is 0 Å². The van der Waals surface area contributed by atoms with Crippen LogP contribution >= 0.6 is 0 Å². The monoisotopic (exact) mass is 236 g/mol. The SMILES string of the molecule is CN(CCCn1ccnc1)C1CCC(N)CC1. The van der Waals surface area contributed by atoms with Crippen molar-refractivity contribution in [1.82, 2.24) is 14.5 Å². The van der Waals surface area contributed by atoms with E-state index in [1.165, 1.54) is 32.1 Å². The van der Waals surface area contributed by atoms with E-state index in [9.17, 15) is 0 Å². The van der Waals surface area contributed by atoms with E-state index in [2.05, 4.69) is 21.5 Å². The van der Waals surface area contributed by atoms with Crippen molar-refractivity contribution < 1.29 is 0 Å². The van der Waals surface area contributed by atoms with Gasteiger partial charge in [-0.25, -0.2) is 4.98 Å². The second kappa shape index (κ2) is 6.17. The molecule has 1 aromatic heterocycles. The van der Waals surface area contributed by atoms with Crippen molar-refractivity contribution in [2.24, 2.45) is 5.73 Å². The molecule has 1 fully saturated rings. The van der Waals surface area contributed by atoms with Crippen LogP contribution < -0.4 is 5.73 Å². The quantitative estimate of drug-likeness (QED) is 0.842. The summed E-state index contributed by atoms with van der Waals surface area (Å²) in [4.78, 5) is 6.56. The number of nitrogens with zero attached hydrogens (tertiary/aromatic N) is 3. The Bertz CT molecular complexity index is 301. The molecule has 2 N–H and O–H groups in total. The molecule has 0 amide bonds. The van der Waals surface area contributed by atoms with Crippen LogP contribution in [0.3, 0.4) is 0 Å². The van der Waals surface area contributed by atoms with Crippen LogP contribution in [0.15, 0.2) is 18.7 Å². The highest BCUT2D eigenvalue weighted by Crippen LogP contribution is 2.21. The smallest absolute Gasteiger partial charge is 0.0945 e. The van der Waals surface area contributed by atoms with Gasteiger partial charge in [0.1, 0.15) is 0 Å². The van der Waals surface area contributed by atoms with Gasteiger partial charge in [0.25, 0.3) is 0 Å². The number of hydrogen-bond acceptors (Lipinski definition) is 3. The summed E-state index contributed by atoms with van der Waals surface area (Å²) in [5, 5.41) is 0. The Morgan fingerprint density at radius 3 is 2.76 bits per heavy atom. The Hall–Kier alpha value is -0.870. The highest BCUT2D eigenvalue weighted by molar-refractivity contribution is 4.80. The van der Waals surface area contributed by atoms with Crippen LogP contribution in [0.1, 0.15) is 32.1 Å². The summed E-state index contributed by atoms with van der Waals surface area (Å²) in [5.41, 5.74) is 5.93. The minimum Gasteiger partial charge on any atom is -0.337 e. The Morgan fingerprint density at radius 2 is 2.12 bits per heavy atom. The normalized spacial score (nSPS) is 25.4. The van der Waals surface area contributed by atoms with Gasteiger partial charge in [0.2, 0.25) is 0 Å². The van der Waals surface area contributed by atoms with Gasteiger partial charge in [-0.2, -0.15) is 0 Å². The van der Waals surface area contributed by atoms with E-state index in [-0.39, 0.29) is 0 Å². The van der Waals surface area contributed by atoms with Crippen molar-refractivity contribution in [3.8, 4) is 0 Å². The zero-order valence-electron chi connectivity index (χ0n) is 10.8. The predicted molar refractivity (Wildman–Crippen MR) is 69.7 cm³/mol. The number of hydrogen-bond donors (Lipinski definition) is 1. The van der Waals surface area contributed by atoms with Gasteiger partial charge in [-0.15, -0.1) is 0 Å². The fourth-order valence-electron chi connectivity index (χ4n) is 2.65. The lowest BCUT2D eigenvalue weighted by atomic mass is 9.91. The van der Waals surface area contributed by atoms with Gasteiger partial charge in [0, 0.05) is 31.0 Å². The maximum Gasteiger partial charge on any atom is 0.0945 e. The first-order valence-corrected chi connectivity index (χ1v) is 6.67. The number of nitrogens with two attached hydrogens (primary N) is 1. The average Bonchev–Trinajstić information content (AvgIpc) is 2.83. The van der Waals surface area contributed by atoms with Crippen LogP contribution in [0.2, 0.25) is 0 Å². The maximum absolute atomic E-state index is 5.93. The van der Waals surface area contributed by atoms with Crippen molar-refractivity contribution in [3.05, 3.63) is 18.7 Å². The van der Waals surface area contributed by atoms with E-state index >= 15 is 0 Å². The van der Waals surface area contributed by atoms with Crippen molar-refractivity contribution in [3.63, 3.8) is 0 Å². The molecule has 0 atom stereocenters. The lowest BCUT2D eigenvalue weighted by molar-refractivity contribution is 0.179. The largest absolute Gasteiger partial charge is 0.337 e. The van der Waals surface area contributed by atoms with Gasteiger partial charge in [-0.05, 0) is 45.7 Å². The van der Waals surface area contributed by atoms with E-state index in [4.69, 9.17) is 5.73 Å². The first-order valence-electron chi connectivity index (χ1n) is 6.67. The van der Waals surface area contributed by atoms with Crippen LogP contribution in [-0.2, 0) is 6.54 Å². The minimum absolute atomic E-state index is 0.450. The molecule has 0 unspecified atom stereocenters. The molecule has 0 aromatic carbocycles. The number of imidazole rings is 1. The summed E-state index contributed by atoms with van der Waals surface area (Å²) < 4.78 is 2.14. The van der Waals surface area contributed by atoms with Crippen molar-refractivity contribution >= 4 is 0 Å². The third kappa shape index (κ3) is 3.82. The lowest BCUT2D eigenvalue weighted by Gasteiger charge is -2.33. The number of aryl methyl sites for hydroxylation is 1. The first-order chi connectivity index (χ1) is 8.25. The summed E-state index contributed by atoms with van der Waals surface area (Å²) in [7, 11) is 2.25. The molecule has 0 spiro atoms. The van der Waals surface area contributed by atoms with Gasteiger partial charge in [-0.3, -0.25) is 0 Å². The zero-order chi connectivity index (χ0) is 12.1. The van der Waals surface area contributed by atoms with Crippen LogP contribution in [0.4, 0.5) is 0 Å². The predicted octanol–water partition coefficient (Wildman–Crippen LogP) is 1.47. The van der Waals surface area contributed by atoms with Crippen molar-refractivity contribution in [1.29, 1.82) is 0 Å². The number of rotatable bonds is 5. The van der Waals surface area contributed by atoms with E-state index in [0.717, 1.165) is 19.1 Å². The molecule has 2 rings (SSSR count). The molecule has 1 aliphatic rings. The molecule has 1 heterocycles. The summed E-state index contributed by atoms with van der Waals surface area (Å²) in [6, 6.07) is 1.20. The third-order valence-corrected chi connectivity index (χ3v) is 3.85. The summed E-state index contributed by atoms with van der Waals surface area (Å²) in [6.07, 6.45) is 11.9. The Morgan fingerprint density at radius 1 is 1.35 bits per heavy atom. The Labute approximate surface area is 104 Å². The van der Waals surface area contributed by atoms with Crippen LogP contribution in [0.5, 0.6) is 0 Å². The second-order valence-corrected chi connectivity index (χ2v) is 5.20. The van der Waals surface area contributed by atoms with E-state index < -0.39 is 0 Å². The Balaban J connectivity index is 1.65. The lowest BCUT2D eigenvalue weighted by Crippen LogP contribution is -2.39. The zero-order valence-corrected chi connectivity index (χ0v) is 10.8. The van der Waals surface area contributed by atoms with Gasteiger partial charge >= 0.3 is 0 Å². The fraction of sp³-hybridized carbons (Fsp3) is 0.769. The van der Waals surface area contributed by atoms with Crippen molar-refractivity contribution in [2.75, 3.05) is 13.6 Å². The van der Waals surface area contributed by atoms with Crippen LogP contribution in [0.25, 0.3) is 0 Å². The molecule has 96 valence electrons. The van der Waals surface area contributed by atoms with Gasteiger partial charge in [-0.1, -0.05) is 0 Å². The average molecular weight is 236 g/mol. The van der Waals surface area contributed by atoms with Crippen molar-refractivity contribution in [2.45, 2.75) is 50.7 Å². The Kier molecular flexibility index (Phi) is 4.57. The molecule has 4 heteroatoms. The van der Waals surface area contributed by atoms with E-state index in [1.807, 2.05) is 18.7 Å². The first kappa shape index (κ1) is 12.6. The summed E-state index contributed by atoms with van der Waals surface area (Å²) in [5.74, 6) is 0. The molecule has 1 saturated carbocycles. The highest BCUT2D eigenvalue weighted by atomic mass is 15.1. The standard InChI is InChI=1S/C13H24N4/c1-16(13-5-3-12(14)4-6-13)8-2-9-17-10-7-15-11-17/h7,10-13H,2-6,8-9,14H2,1H3. The molecule has 1 aromatic rings. The van der Waals surface area contributed by atoms with Crippen LogP contribution in [-0.4, -0.2) is 40.1 Å². The third-order valence-electron chi connectivity index (χ3n) is 3.85. The second-order valence-electron chi connectivity index (χ2n) is 5.20. The molecular formula is C13H24N4. The van der Waals surface area contributed by atoms with Gasteiger partial charge in [0.05, 0.1) is 6.33 Å². The van der Waals surface area contributed by atoms with E-state index in [1.54, 1.807) is 0 Å². The van der Waals surface area contributed by atoms with Crippen LogP contribution in [0, 0.1) is 0 Å². The molecule has 0 saturated heterocycles. The number of aromatic nitrogens is 2. The summed E-state index contributed by atoms with van der Waals surface area (Å²) in [6.45, 7) is 2.23. The molecule has 0 bridgehead atoms. The van der Waals surface area contributed by atoms with E-state index in [0.29, 0.717) is 6.04 Å². The van der Waals surface area contributed by atoms with Gasteiger partial charge < -0.3 is 15.2 Å². The fourth-order valence-corrected chi connectivity index (χ4v) is 2.65. The minimum atomic E-state index is 0.450. The topological polar surface area (TPSA) is 47.1 Å². The maximum atomic E-state index is 5.93. The molecule has 1 aliphatic carbocycles. The molecule has 17 heavy (non-hydrogen) atoms. The molecule has 0 radical (unpaired) electrons. The molecule has 0 aliphatic heterocycles. The highest BCUT2D eigenvalue weighted by Gasteiger charge is 2.21. The molecular weight excluding hydrogens is 212 g/mol. The molecule has 4 nitrogen and oxygen atoms in total.